The van der Waals surface area contributed by atoms with Crippen molar-refractivity contribution < 1.29 is 31.9 Å². The monoisotopic (exact) mass is 548 g/mol. The van der Waals surface area contributed by atoms with E-state index < -0.39 is 40.2 Å². The molecule has 0 saturated carbocycles. The molecule has 1 fully saturated rings. The number of fused-ring (bicyclic) bond motifs is 1. The highest BCUT2D eigenvalue weighted by molar-refractivity contribution is 7.92. The average Bonchev–Trinajstić information content (AvgIpc) is 3.08. The normalized spacial score (nSPS) is 17.9. The highest BCUT2D eigenvalue weighted by atomic mass is 32.2. The maximum Gasteiger partial charge on any atom is 0.407 e. The second-order valence-corrected chi connectivity index (χ2v) is 12.1. The summed E-state index contributed by atoms with van der Waals surface area (Å²) in [4.78, 5) is 26.0. The topological polar surface area (TPSA) is 117 Å². The Kier molecular flexibility index (Phi) is 7.84. The molecule has 0 spiro atoms. The average molecular weight is 549 g/mol. The second-order valence-electron chi connectivity index (χ2n) is 10.5. The van der Waals surface area contributed by atoms with E-state index in [1.54, 1.807) is 26.8 Å². The van der Waals surface area contributed by atoms with Gasteiger partial charge in [0.05, 0.1) is 0 Å². The Labute approximate surface area is 222 Å². The number of halogens is 1. The summed E-state index contributed by atoms with van der Waals surface area (Å²) < 4.78 is 55.3. The molecule has 0 unspecified atom stereocenters. The molecule has 2 aliphatic rings. The number of benzene rings is 2. The molecule has 2 aromatic carbocycles. The van der Waals surface area contributed by atoms with Crippen LogP contribution in [0.3, 0.4) is 0 Å². The molecule has 4 rings (SSSR count). The van der Waals surface area contributed by atoms with Gasteiger partial charge in [-0.15, -0.1) is 0 Å². The number of hydrogen-bond acceptors (Lipinski definition) is 7. The lowest BCUT2D eigenvalue weighted by Gasteiger charge is -2.33. The summed E-state index contributed by atoms with van der Waals surface area (Å²) in [5, 5.41) is 2.79. The molecule has 2 aromatic rings. The van der Waals surface area contributed by atoms with Crippen molar-refractivity contribution in [1.29, 1.82) is 0 Å². The third-order valence-corrected chi connectivity index (χ3v) is 7.46. The van der Waals surface area contributed by atoms with Crippen molar-refractivity contribution in [2.75, 3.05) is 23.9 Å². The molecular weight excluding hydrogens is 515 g/mol. The molecule has 2 aliphatic heterocycles. The summed E-state index contributed by atoms with van der Waals surface area (Å²) in [5.74, 6) is -1.44. The van der Waals surface area contributed by atoms with Crippen LogP contribution >= 0.6 is 0 Å². The molecule has 0 aromatic heterocycles. The number of hydrogen-bond donors (Lipinski definition) is 2. The van der Waals surface area contributed by atoms with Gasteiger partial charge in [0.25, 0.3) is 5.91 Å². The number of carbonyl (C=O) groups is 2. The van der Waals surface area contributed by atoms with Gasteiger partial charge in [-0.25, -0.2) is 18.2 Å². The van der Waals surface area contributed by atoms with Crippen LogP contribution in [0, 0.1) is 5.82 Å². The molecule has 2 N–H and O–H groups in total. The van der Waals surface area contributed by atoms with E-state index in [0.29, 0.717) is 30.6 Å². The van der Waals surface area contributed by atoms with Crippen LogP contribution in [0.1, 0.15) is 44.4 Å². The van der Waals surface area contributed by atoms with E-state index in [1.807, 2.05) is 46.9 Å². The van der Waals surface area contributed by atoms with E-state index in [2.05, 4.69) is 5.32 Å². The minimum absolute atomic E-state index is 0.0542. The van der Waals surface area contributed by atoms with Crippen LogP contribution in [0.2, 0.25) is 0 Å². The number of nitrogens with zero attached hydrogens (tertiary/aromatic N) is 2. The maximum absolute atomic E-state index is 16.1. The summed E-state index contributed by atoms with van der Waals surface area (Å²) in [6.45, 7) is 7.95. The van der Waals surface area contributed by atoms with Crippen molar-refractivity contribution >= 4 is 27.9 Å². The zero-order chi connectivity index (χ0) is 27.7. The SMILES string of the molecule is C[C@@H](CN1CCc2cc(OCc3ccccc3)c(N3CC(=O)NS3(=O)=O)c(F)c2C1)NC(=O)OC(C)(C)C. The molecule has 1 atom stereocenters. The molecule has 2 heterocycles. The third-order valence-electron chi connectivity index (χ3n) is 6.08. The largest absolute Gasteiger partial charge is 0.487 e. The lowest BCUT2D eigenvalue weighted by molar-refractivity contribution is -0.117. The van der Waals surface area contributed by atoms with Gasteiger partial charge in [0, 0.05) is 31.2 Å². The Hall–Kier alpha value is -3.38. The van der Waals surface area contributed by atoms with Gasteiger partial charge in [-0.3, -0.25) is 9.69 Å². The highest BCUT2D eigenvalue weighted by Gasteiger charge is 2.39. The Balaban J connectivity index is 1.58. The molecular formula is C26H33FN4O6S. The zero-order valence-corrected chi connectivity index (χ0v) is 22.7. The van der Waals surface area contributed by atoms with Crippen LogP contribution in [0.25, 0.3) is 0 Å². The van der Waals surface area contributed by atoms with Crippen molar-refractivity contribution in [3.05, 3.63) is 58.9 Å². The quantitative estimate of drug-likeness (QED) is 0.547. The minimum Gasteiger partial charge on any atom is -0.487 e. The molecule has 2 amide bonds. The van der Waals surface area contributed by atoms with E-state index in [4.69, 9.17) is 9.47 Å². The van der Waals surface area contributed by atoms with Crippen molar-refractivity contribution in [3.8, 4) is 5.75 Å². The summed E-state index contributed by atoms with van der Waals surface area (Å²) in [6, 6.07) is 10.6. The van der Waals surface area contributed by atoms with E-state index in [9.17, 15) is 18.0 Å². The number of carbonyl (C=O) groups excluding carboxylic acids is 2. The van der Waals surface area contributed by atoms with Crippen LogP contribution in [0.5, 0.6) is 5.75 Å². The van der Waals surface area contributed by atoms with Crippen molar-refractivity contribution in [1.82, 2.24) is 14.9 Å². The first-order valence-corrected chi connectivity index (χ1v) is 13.8. The Morgan fingerprint density at radius 2 is 1.92 bits per heavy atom. The van der Waals surface area contributed by atoms with E-state index in [1.165, 1.54) is 0 Å². The first-order valence-electron chi connectivity index (χ1n) is 12.4. The molecule has 206 valence electrons. The Morgan fingerprint density at radius 1 is 1.21 bits per heavy atom. The number of ether oxygens (including phenoxy) is 2. The summed E-state index contributed by atoms with van der Waals surface area (Å²) in [5.41, 5.74) is 0.943. The van der Waals surface area contributed by atoms with E-state index >= 15 is 4.39 Å². The number of anilines is 1. The molecule has 0 aliphatic carbocycles. The number of rotatable bonds is 7. The number of nitrogens with one attached hydrogen (secondary N) is 2. The van der Waals surface area contributed by atoms with Gasteiger partial charge in [0.15, 0.2) is 5.82 Å². The summed E-state index contributed by atoms with van der Waals surface area (Å²) in [6.07, 6.45) is -0.0374. The first-order chi connectivity index (χ1) is 17.8. The maximum atomic E-state index is 16.1. The molecule has 1 saturated heterocycles. The molecule has 0 bridgehead atoms. The summed E-state index contributed by atoms with van der Waals surface area (Å²) >= 11 is 0. The van der Waals surface area contributed by atoms with Crippen LogP contribution in [0.15, 0.2) is 36.4 Å². The first kappa shape index (κ1) is 27.6. The van der Waals surface area contributed by atoms with Crippen molar-refractivity contribution in [2.45, 2.75) is 58.9 Å². The Morgan fingerprint density at radius 3 is 2.55 bits per heavy atom. The number of amides is 2. The fourth-order valence-electron chi connectivity index (χ4n) is 4.50. The van der Waals surface area contributed by atoms with Gasteiger partial charge in [-0.2, -0.15) is 8.42 Å². The molecule has 12 heteroatoms. The standard InChI is InChI=1S/C26H33FN4O6S/c1-17(28-25(33)37-26(2,3)4)13-30-11-10-19-12-21(36-16-18-8-6-5-7-9-18)24(23(27)20(19)14-30)31-15-22(32)29-38(31,34)35/h5-9,12,17H,10-11,13-16H2,1-4H3,(H,28,33)(H,29,32)/t17-/m0/s1. The smallest absolute Gasteiger partial charge is 0.407 e. The van der Waals surface area contributed by atoms with Gasteiger partial charge in [-0.1, -0.05) is 30.3 Å². The van der Waals surface area contributed by atoms with Gasteiger partial charge < -0.3 is 14.8 Å². The predicted molar refractivity (Wildman–Crippen MR) is 139 cm³/mol. The third kappa shape index (κ3) is 6.54. The van der Waals surface area contributed by atoms with Crippen molar-refractivity contribution in [3.63, 3.8) is 0 Å². The van der Waals surface area contributed by atoms with Crippen LogP contribution in [0.4, 0.5) is 14.9 Å². The van der Waals surface area contributed by atoms with Crippen LogP contribution in [-0.2, 0) is 39.3 Å². The van der Waals surface area contributed by atoms with Gasteiger partial charge in [0.1, 0.15) is 30.2 Å². The molecule has 0 radical (unpaired) electrons. The van der Waals surface area contributed by atoms with Gasteiger partial charge >= 0.3 is 16.3 Å². The van der Waals surface area contributed by atoms with Gasteiger partial charge in [0.2, 0.25) is 0 Å². The lowest BCUT2D eigenvalue weighted by Crippen LogP contribution is -2.45. The van der Waals surface area contributed by atoms with Crippen molar-refractivity contribution in [2.24, 2.45) is 0 Å². The molecule has 38 heavy (non-hydrogen) atoms. The number of alkyl carbamates (subject to hydrolysis) is 1. The van der Waals surface area contributed by atoms with Crippen LogP contribution in [-0.4, -0.2) is 56.6 Å². The molecule has 10 nitrogen and oxygen atoms in total. The Bertz CT molecular complexity index is 1310. The van der Waals surface area contributed by atoms with Crippen LogP contribution < -0.4 is 19.1 Å². The predicted octanol–water partition coefficient (Wildman–Crippen LogP) is 2.86. The fraction of sp³-hybridized carbons (Fsp3) is 0.462. The zero-order valence-electron chi connectivity index (χ0n) is 21.9. The van der Waals surface area contributed by atoms with Gasteiger partial charge in [-0.05, 0) is 51.3 Å². The minimum atomic E-state index is -4.27. The van der Waals surface area contributed by atoms with E-state index in [0.717, 1.165) is 9.87 Å². The highest BCUT2D eigenvalue weighted by Crippen LogP contribution is 2.40. The fourth-order valence-corrected chi connectivity index (χ4v) is 5.66. The lowest BCUT2D eigenvalue weighted by atomic mass is 9.97. The summed E-state index contributed by atoms with van der Waals surface area (Å²) in [7, 11) is -4.27. The van der Waals surface area contributed by atoms with E-state index in [-0.39, 0.29) is 30.6 Å². The second kappa shape index (κ2) is 10.8.